The zero-order valence-corrected chi connectivity index (χ0v) is 15.5. The van der Waals surface area contributed by atoms with Gasteiger partial charge in [0.25, 0.3) is 0 Å². The number of aromatic nitrogens is 2. The third kappa shape index (κ3) is 3.74. The molecule has 3 heterocycles. The Morgan fingerprint density at radius 3 is 1.36 bits per heavy atom. The number of nitrogens with zero attached hydrogens (tertiary/aromatic N) is 4. The summed E-state index contributed by atoms with van der Waals surface area (Å²) in [7, 11) is 0. The minimum atomic E-state index is 1.06. The summed E-state index contributed by atoms with van der Waals surface area (Å²) < 4.78 is 0. The molecule has 0 aliphatic carbocycles. The summed E-state index contributed by atoms with van der Waals surface area (Å²) in [6.07, 6.45) is 0. The highest BCUT2D eigenvalue weighted by Gasteiger charge is 2.20. The Kier molecular flexibility index (Phi) is 4.92. The lowest BCUT2D eigenvalue weighted by Crippen LogP contribution is -2.45. The average Bonchev–Trinajstić information content (AvgIpc) is 2.94. The predicted octanol–water partition coefficient (Wildman–Crippen LogP) is 3.15. The molecule has 2 aromatic rings. The van der Waals surface area contributed by atoms with Crippen molar-refractivity contribution < 1.29 is 0 Å². The summed E-state index contributed by atoms with van der Waals surface area (Å²) in [6.45, 7) is 15.2. The lowest BCUT2D eigenvalue weighted by molar-refractivity contribution is 0.123. The van der Waals surface area contributed by atoms with Crippen LogP contribution in [0.2, 0.25) is 0 Å². The van der Waals surface area contributed by atoms with Crippen LogP contribution in [0.4, 0.5) is 0 Å². The Labute approximate surface area is 140 Å². The van der Waals surface area contributed by atoms with E-state index in [0.29, 0.717) is 0 Å². The Morgan fingerprint density at radius 1 is 0.727 bits per heavy atom. The fourth-order valence-electron chi connectivity index (χ4n) is 2.95. The van der Waals surface area contributed by atoms with E-state index >= 15 is 0 Å². The number of thiazole rings is 2. The van der Waals surface area contributed by atoms with Crippen molar-refractivity contribution in [1.82, 2.24) is 19.8 Å². The molecular formula is C16H24N4S2. The average molecular weight is 337 g/mol. The molecule has 0 spiro atoms. The van der Waals surface area contributed by atoms with Crippen molar-refractivity contribution in [2.75, 3.05) is 26.2 Å². The van der Waals surface area contributed by atoms with E-state index in [4.69, 9.17) is 0 Å². The van der Waals surface area contributed by atoms with Crippen LogP contribution in [0.1, 0.15) is 31.2 Å². The normalized spacial score (nSPS) is 17.3. The lowest BCUT2D eigenvalue weighted by atomic mass is 10.2. The molecule has 0 amide bonds. The van der Waals surface area contributed by atoms with Crippen LogP contribution >= 0.6 is 22.7 Å². The van der Waals surface area contributed by atoms with Crippen molar-refractivity contribution in [1.29, 1.82) is 0 Å². The van der Waals surface area contributed by atoms with E-state index in [1.165, 1.54) is 31.2 Å². The van der Waals surface area contributed by atoms with Crippen LogP contribution in [-0.4, -0.2) is 45.9 Å². The first-order valence-electron chi connectivity index (χ1n) is 7.82. The molecule has 0 atom stereocenters. The van der Waals surface area contributed by atoms with Crippen LogP contribution in [0.25, 0.3) is 0 Å². The maximum atomic E-state index is 4.54. The van der Waals surface area contributed by atoms with Crippen molar-refractivity contribution in [2.24, 2.45) is 0 Å². The van der Waals surface area contributed by atoms with E-state index in [0.717, 1.165) is 39.3 Å². The maximum Gasteiger partial charge on any atom is 0.0900 e. The van der Waals surface area contributed by atoms with Crippen LogP contribution in [0.3, 0.4) is 0 Å². The molecule has 6 heteroatoms. The summed E-state index contributed by atoms with van der Waals surface area (Å²) in [5, 5.41) is 2.37. The molecule has 2 aromatic heterocycles. The van der Waals surface area contributed by atoms with Gasteiger partial charge >= 0.3 is 0 Å². The van der Waals surface area contributed by atoms with Crippen molar-refractivity contribution in [3.63, 3.8) is 0 Å². The van der Waals surface area contributed by atoms with Gasteiger partial charge in [0.1, 0.15) is 0 Å². The van der Waals surface area contributed by atoms with E-state index in [-0.39, 0.29) is 0 Å². The Bertz CT molecular complexity index is 582. The van der Waals surface area contributed by atoms with Crippen molar-refractivity contribution in [3.8, 4) is 0 Å². The highest BCUT2D eigenvalue weighted by Crippen LogP contribution is 2.22. The Balaban J connectivity index is 1.52. The first-order chi connectivity index (χ1) is 10.5. The molecule has 22 heavy (non-hydrogen) atoms. The number of rotatable bonds is 4. The summed E-state index contributed by atoms with van der Waals surface area (Å²) in [4.78, 5) is 17.0. The van der Waals surface area contributed by atoms with E-state index in [9.17, 15) is 0 Å². The van der Waals surface area contributed by atoms with Crippen LogP contribution in [0, 0.1) is 27.7 Å². The topological polar surface area (TPSA) is 32.3 Å². The summed E-state index contributed by atoms with van der Waals surface area (Å²) >= 11 is 3.69. The van der Waals surface area contributed by atoms with Gasteiger partial charge in [-0.25, -0.2) is 9.97 Å². The van der Waals surface area contributed by atoms with Crippen molar-refractivity contribution in [3.05, 3.63) is 31.2 Å². The van der Waals surface area contributed by atoms with Gasteiger partial charge in [0.05, 0.1) is 21.4 Å². The molecule has 1 fully saturated rings. The van der Waals surface area contributed by atoms with Crippen LogP contribution < -0.4 is 0 Å². The summed E-state index contributed by atoms with van der Waals surface area (Å²) in [5.41, 5.74) is 2.42. The predicted molar refractivity (Wildman–Crippen MR) is 93.7 cm³/mol. The van der Waals surface area contributed by atoms with Gasteiger partial charge in [-0.15, -0.1) is 22.7 Å². The van der Waals surface area contributed by atoms with Gasteiger partial charge < -0.3 is 0 Å². The van der Waals surface area contributed by atoms with Gasteiger partial charge in [-0.3, -0.25) is 9.80 Å². The van der Waals surface area contributed by atoms with Gasteiger partial charge in [0.15, 0.2) is 0 Å². The molecule has 0 aromatic carbocycles. The van der Waals surface area contributed by atoms with Gasteiger partial charge in [0.2, 0.25) is 0 Å². The monoisotopic (exact) mass is 336 g/mol. The molecule has 4 nitrogen and oxygen atoms in total. The van der Waals surface area contributed by atoms with E-state index in [1.807, 2.05) is 22.7 Å². The molecule has 1 aliphatic heterocycles. The van der Waals surface area contributed by atoms with Crippen molar-refractivity contribution in [2.45, 2.75) is 40.8 Å². The van der Waals surface area contributed by atoms with Crippen molar-refractivity contribution >= 4 is 22.7 Å². The standard InChI is InChI=1S/C16H24N4S2/c1-11-15(21-13(3)17-11)9-19-5-7-20(8-6-19)10-16-12(2)18-14(4)22-16/h5-10H2,1-4H3. The second-order valence-corrected chi connectivity index (χ2v) is 8.61. The number of hydrogen-bond donors (Lipinski definition) is 0. The van der Waals surface area contributed by atoms with Crippen LogP contribution in [0.15, 0.2) is 0 Å². The summed E-state index contributed by atoms with van der Waals surface area (Å²) in [5.74, 6) is 0. The molecule has 0 unspecified atom stereocenters. The molecule has 0 N–H and O–H groups in total. The molecule has 1 saturated heterocycles. The SMILES string of the molecule is Cc1nc(C)c(CN2CCN(Cc3sc(C)nc3C)CC2)s1. The molecule has 0 saturated carbocycles. The molecule has 120 valence electrons. The van der Waals surface area contributed by atoms with Gasteiger partial charge in [-0.05, 0) is 27.7 Å². The second kappa shape index (κ2) is 6.74. The minimum absolute atomic E-state index is 1.06. The molecule has 3 rings (SSSR count). The molecular weight excluding hydrogens is 312 g/mol. The zero-order valence-electron chi connectivity index (χ0n) is 13.8. The van der Waals surface area contributed by atoms with Crippen LogP contribution in [0.5, 0.6) is 0 Å². The number of aryl methyl sites for hydroxylation is 4. The lowest BCUT2D eigenvalue weighted by Gasteiger charge is -2.34. The third-order valence-electron chi connectivity index (χ3n) is 4.20. The molecule has 0 bridgehead atoms. The minimum Gasteiger partial charge on any atom is -0.296 e. The molecule has 1 aliphatic rings. The smallest absolute Gasteiger partial charge is 0.0900 e. The maximum absolute atomic E-state index is 4.54. The zero-order chi connectivity index (χ0) is 15.7. The number of piperazine rings is 1. The highest BCUT2D eigenvalue weighted by molar-refractivity contribution is 7.11. The highest BCUT2D eigenvalue weighted by atomic mass is 32.1. The second-order valence-electron chi connectivity index (χ2n) is 6.04. The van der Waals surface area contributed by atoms with Gasteiger partial charge in [0, 0.05) is 49.0 Å². The van der Waals surface area contributed by atoms with Gasteiger partial charge in [-0.2, -0.15) is 0 Å². The van der Waals surface area contributed by atoms with E-state index in [2.05, 4.69) is 47.5 Å². The fraction of sp³-hybridized carbons (Fsp3) is 0.625. The first-order valence-corrected chi connectivity index (χ1v) is 9.45. The third-order valence-corrected chi connectivity index (χ3v) is 6.31. The largest absolute Gasteiger partial charge is 0.296 e. The summed E-state index contributed by atoms with van der Waals surface area (Å²) in [6, 6.07) is 0. The Hall–Kier alpha value is -0.820. The fourth-order valence-corrected chi connectivity index (χ4v) is 4.91. The van der Waals surface area contributed by atoms with E-state index in [1.54, 1.807) is 0 Å². The Morgan fingerprint density at radius 2 is 1.09 bits per heavy atom. The quantitative estimate of drug-likeness (QED) is 0.858. The van der Waals surface area contributed by atoms with Crippen LogP contribution in [-0.2, 0) is 13.1 Å². The first kappa shape index (κ1) is 16.1. The number of hydrogen-bond acceptors (Lipinski definition) is 6. The van der Waals surface area contributed by atoms with E-state index < -0.39 is 0 Å². The van der Waals surface area contributed by atoms with Gasteiger partial charge in [-0.1, -0.05) is 0 Å². The molecule has 0 radical (unpaired) electrons.